The van der Waals surface area contributed by atoms with Crippen LogP contribution < -0.4 is 10.6 Å². The second kappa shape index (κ2) is 10.4. The van der Waals surface area contributed by atoms with Crippen molar-refractivity contribution in [3.05, 3.63) is 23.9 Å². The molecule has 1 saturated heterocycles. The highest BCUT2D eigenvalue weighted by Crippen LogP contribution is 2.09. The molecule has 2 heterocycles. The highest BCUT2D eigenvalue weighted by atomic mass is 127. The molecule has 1 fully saturated rings. The van der Waals surface area contributed by atoms with Crippen LogP contribution in [0.2, 0.25) is 0 Å². The fourth-order valence-corrected chi connectivity index (χ4v) is 2.37. The smallest absolute Gasteiger partial charge is 0.227 e. The van der Waals surface area contributed by atoms with Gasteiger partial charge in [-0.2, -0.15) is 0 Å². The number of β-amino-alcohol motifs (C(OH)–C–C–N with tert-alkyl or cyclic N) is 1. The number of halogens is 1. The fraction of sp³-hybridized carbons (Fsp3) is 0.562. The zero-order valence-corrected chi connectivity index (χ0v) is 16.5. The lowest BCUT2D eigenvalue weighted by Crippen LogP contribution is -2.40. The number of aliphatic hydroxyl groups excluding tert-OH is 1. The number of nitrogens with one attached hydrogen (secondary N) is 2. The summed E-state index contributed by atoms with van der Waals surface area (Å²) in [4.78, 5) is 22.5. The molecule has 0 unspecified atom stereocenters. The van der Waals surface area contributed by atoms with Crippen molar-refractivity contribution < 1.29 is 9.90 Å². The van der Waals surface area contributed by atoms with Crippen molar-refractivity contribution in [2.24, 2.45) is 4.99 Å². The van der Waals surface area contributed by atoms with Gasteiger partial charge in [-0.1, -0.05) is 6.07 Å². The molecule has 0 radical (unpaired) electrons. The summed E-state index contributed by atoms with van der Waals surface area (Å²) in [7, 11) is 0. The summed E-state index contributed by atoms with van der Waals surface area (Å²) >= 11 is 0. The van der Waals surface area contributed by atoms with E-state index in [0.717, 1.165) is 31.0 Å². The molecule has 2 rings (SSSR count). The topological polar surface area (TPSA) is 89.8 Å². The van der Waals surface area contributed by atoms with E-state index in [1.165, 1.54) is 0 Å². The normalized spacial score (nSPS) is 17.4. The number of pyridine rings is 1. The van der Waals surface area contributed by atoms with E-state index in [9.17, 15) is 9.90 Å². The van der Waals surface area contributed by atoms with Gasteiger partial charge >= 0.3 is 0 Å². The number of carbonyl (C=O) groups is 1. The maximum absolute atomic E-state index is 11.9. The third-order valence-electron chi connectivity index (χ3n) is 3.58. The van der Waals surface area contributed by atoms with Crippen molar-refractivity contribution in [3.63, 3.8) is 0 Å². The lowest BCUT2D eigenvalue weighted by molar-refractivity contribution is -0.116. The lowest BCUT2D eigenvalue weighted by atomic mass is 10.3. The molecule has 8 heteroatoms. The molecule has 1 aromatic heterocycles. The maximum Gasteiger partial charge on any atom is 0.227 e. The second-order valence-corrected chi connectivity index (χ2v) is 5.64. The van der Waals surface area contributed by atoms with Crippen molar-refractivity contribution in [2.75, 3.05) is 31.5 Å². The minimum atomic E-state index is -0.297. The van der Waals surface area contributed by atoms with Crippen LogP contribution in [-0.2, 0) is 4.79 Å². The molecule has 3 N–H and O–H groups in total. The van der Waals surface area contributed by atoms with Crippen LogP contribution in [0, 0.1) is 6.92 Å². The Kier molecular flexibility index (Phi) is 8.98. The molecular formula is C16H26IN5O2. The average molecular weight is 447 g/mol. The molecule has 1 aromatic rings. The molecule has 0 saturated carbocycles. The fourth-order valence-electron chi connectivity index (χ4n) is 2.37. The van der Waals surface area contributed by atoms with Gasteiger partial charge in [0.25, 0.3) is 0 Å². The lowest BCUT2D eigenvalue weighted by Gasteiger charge is -2.20. The van der Waals surface area contributed by atoms with Crippen molar-refractivity contribution >= 4 is 41.7 Å². The van der Waals surface area contributed by atoms with Crippen LogP contribution in [-0.4, -0.2) is 59.1 Å². The highest BCUT2D eigenvalue weighted by Gasteiger charge is 2.22. The number of aliphatic imine (C=N–C) groups is 1. The molecule has 24 heavy (non-hydrogen) atoms. The Balaban J connectivity index is 0.00000288. The average Bonchev–Trinajstić information content (AvgIpc) is 2.95. The molecule has 1 atom stereocenters. The SMILES string of the molecule is CCNC(=NCCC(=O)Nc1ccc(C)cn1)N1CC[C@@H](O)C1.I. The van der Waals surface area contributed by atoms with Crippen molar-refractivity contribution in [1.29, 1.82) is 0 Å². The number of aliphatic hydroxyl groups is 1. The van der Waals surface area contributed by atoms with Gasteiger partial charge < -0.3 is 20.6 Å². The van der Waals surface area contributed by atoms with E-state index in [1.54, 1.807) is 12.3 Å². The van der Waals surface area contributed by atoms with Crippen LogP contribution >= 0.6 is 24.0 Å². The Labute approximate surface area is 160 Å². The number of carbonyl (C=O) groups excluding carboxylic acids is 1. The summed E-state index contributed by atoms with van der Waals surface area (Å²) in [6.45, 7) is 6.47. The van der Waals surface area contributed by atoms with Gasteiger partial charge in [-0.05, 0) is 31.9 Å². The van der Waals surface area contributed by atoms with Crippen molar-refractivity contribution in [1.82, 2.24) is 15.2 Å². The van der Waals surface area contributed by atoms with Crippen LogP contribution in [0.4, 0.5) is 5.82 Å². The third-order valence-corrected chi connectivity index (χ3v) is 3.58. The van der Waals surface area contributed by atoms with E-state index in [0.29, 0.717) is 25.3 Å². The highest BCUT2D eigenvalue weighted by molar-refractivity contribution is 14.0. The quantitative estimate of drug-likeness (QED) is 0.361. The minimum absolute atomic E-state index is 0. The van der Waals surface area contributed by atoms with Crippen LogP contribution in [0.3, 0.4) is 0 Å². The molecule has 0 bridgehead atoms. The number of nitrogens with zero attached hydrogens (tertiary/aromatic N) is 3. The van der Waals surface area contributed by atoms with Crippen LogP contribution in [0.15, 0.2) is 23.3 Å². The predicted octanol–water partition coefficient (Wildman–Crippen LogP) is 1.37. The standard InChI is InChI=1S/C16H25N5O2.HI/c1-3-17-16(21-9-7-13(22)11-21)18-8-6-15(23)20-14-5-4-12(2)10-19-14;/h4-5,10,13,22H,3,6-9,11H2,1-2H3,(H,17,18)(H,19,20,23);1H/t13-;/m1./s1. The molecular weight excluding hydrogens is 421 g/mol. The number of likely N-dealkylation sites (tertiary alicyclic amines) is 1. The number of rotatable bonds is 5. The molecule has 1 aliphatic rings. The third kappa shape index (κ3) is 6.60. The summed E-state index contributed by atoms with van der Waals surface area (Å²) in [6, 6.07) is 3.69. The molecule has 0 spiro atoms. The van der Waals surface area contributed by atoms with E-state index in [4.69, 9.17) is 0 Å². The first-order valence-electron chi connectivity index (χ1n) is 8.02. The van der Waals surface area contributed by atoms with Gasteiger partial charge in [0.15, 0.2) is 5.96 Å². The number of anilines is 1. The van der Waals surface area contributed by atoms with E-state index in [2.05, 4.69) is 20.6 Å². The zero-order chi connectivity index (χ0) is 16.7. The summed E-state index contributed by atoms with van der Waals surface area (Å²) < 4.78 is 0. The van der Waals surface area contributed by atoms with Crippen molar-refractivity contribution in [3.8, 4) is 0 Å². The molecule has 0 aliphatic carbocycles. The predicted molar refractivity (Wildman–Crippen MR) is 106 cm³/mol. The van der Waals surface area contributed by atoms with Gasteiger partial charge in [-0.3, -0.25) is 9.79 Å². The van der Waals surface area contributed by atoms with E-state index in [1.807, 2.05) is 24.8 Å². The van der Waals surface area contributed by atoms with Gasteiger partial charge in [0, 0.05) is 32.3 Å². The van der Waals surface area contributed by atoms with Crippen LogP contribution in [0.25, 0.3) is 0 Å². The van der Waals surface area contributed by atoms with Gasteiger partial charge in [0.05, 0.1) is 12.6 Å². The van der Waals surface area contributed by atoms with Crippen molar-refractivity contribution in [2.45, 2.75) is 32.8 Å². The number of amides is 1. The van der Waals surface area contributed by atoms with Crippen LogP contribution in [0.5, 0.6) is 0 Å². The Morgan fingerprint density at radius 1 is 1.50 bits per heavy atom. The largest absolute Gasteiger partial charge is 0.391 e. The van der Waals surface area contributed by atoms with Crippen LogP contribution in [0.1, 0.15) is 25.3 Å². The first-order chi connectivity index (χ1) is 11.1. The monoisotopic (exact) mass is 447 g/mol. The molecule has 1 amide bonds. The number of hydrogen-bond donors (Lipinski definition) is 3. The second-order valence-electron chi connectivity index (χ2n) is 5.64. The first-order valence-corrected chi connectivity index (χ1v) is 8.02. The van der Waals surface area contributed by atoms with E-state index in [-0.39, 0.29) is 36.0 Å². The Morgan fingerprint density at radius 2 is 2.29 bits per heavy atom. The first kappa shape index (κ1) is 20.6. The molecule has 134 valence electrons. The summed E-state index contributed by atoms with van der Waals surface area (Å²) in [5, 5.41) is 15.6. The zero-order valence-electron chi connectivity index (χ0n) is 14.2. The number of guanidine groups is 1. The molecule has 0 aromatic carbocycles. The Hall–Kier alpha value is -1.42. The van der Waals surface area contributed by atoms with Gasteiger partial charge in [-0.15, -0.1) is 24.0 Å². The molecule has 7 nitrogen and oxygen atoms in total. The number of aryl methyl sites for hydroxylation is 1. The molecule has 1 aliphatic heterocycles. The van der Waals surface area contributed by atoms with Gasteiger partial charge in [-0.25, -0.2) is 4.98 Å². The summed E-state index contributed by atoms with van der Waals surface area (Å²) in [6.07, 6.45) is 2.47. The van der Waals surface area contributed by atoms with E-state index < -0.39 is 0 Å². The minimum Gasteiger partial charge on any atom is -0.391 e. The summed E-state index contributed by atoms with van der Waals surface area (Å²) in [5.41, 5.74) is 1.05. The van der Waals surface area contributed by atoms with Gasteiger partial charge in [0.1, 0.15) is 5.82 Å². The number of aromatic nitrogens is 1. The summed E-state index contributed by atoms with van der Waals surface area (Å²) in [5.74, 6) is 1.20. The van der Waals surface area contributed by atoms with E-state index >= 15 is 0 Å². The maximum atomic E-state index is 11.9. The number of hydrogen-bond acceptors (Lipinski definition) is 4. The van der Waals surface area contributed by atoms with Gasteiger partial charge in [0.2, 0.25) is 5.91 Å². The Bertz CT molecular complexity index is 550. The Morgan fingerprint density at radius 3 is 2.88 bits per heavy atom.